The summed E-state index contributed by atoms with van der Waals surface area (Å²) in [4.78, 5) is 11.6. The summed E-state index contributed by atoms with van der Waals surface area (Å²) in [6, 6.07) is 7.37. The average molecular weight is 275 g/mol. The first kappa shape index (κ1) is 14.2. The Morgan fingerprint density at radius 3 is 2.75 bits per heavy atom. The molecule has 1 aromatic heterocycles. The average Bonchev–Trinajstić information content (AvgIpc) is 2.86. The van der Waals surface area contributed by atoms with Gasteiger partial charge in [0, 0.05) is 24.8 Å². The number of aryl methyl sites for hydroxylation is 1. The first-order valence-electron chi connectivity index (χ1n) is 6.23. The predicted molar refractivity (Wildman–Crippen MR) is 74.9 cm³/mol. The van der Waals surface area contributed by atoms with Crippen molar-refractivity contribution in [2.45, 2.75) is 0 Å². The largest absolute Gasteiger partial charge is 0.370 e. The van der Waals surface area contributed by atoms with Gasteiger partial charge in [-0.2, -0.15) is 0 Å². The van der Waals surface area contributed by atoms with Gasteiger partial charge in [-0.25, -0.2) is 0 Å². The third-order valence-electron chi connectivity index (χ3n) is 2.63. The van der Waals surface area contributed by atoms with Gasteiger partial charge in [0.1, 0.15) is 12.9 Å². The highest BCUT2D eigenvalue weighted by Gasteiger charge is 2.06. The van der Waals surface area contributed by atoms with Gasteiger partial charge in [-0.1, -0.05) is 0 Å². The van der Waals surface area contributed by atoms with Gasteiger partial charge in [0.05, 0.1) is 6.61 Å². The number of nitrogens with one attached hydrogen (secondary N) is 1. The van der Waals surface area contributed by atoms with Crippen LogP contribution in [0.15, 0.2) is 30.6 Å². The molecule has 0 atom stereocenters. The predicted octanol–water partition coefficient (Wildman–Crippen LogP) is 0.396. The Hall–Kier alpha value is -2.25. The molecule has 0 saturated carbocycles. The van der Waals surface area contributed by atoms with E-state index in [2.05, 4.69) is 15.5 Å². The highest BCUT2D eigenvalue weighted by atomic mass is 16.5. The molecule has 2 rings (SSSR count). The van der Waals surface area contributed by atoms with Crippen LogP contribution in [0.1, 0.15) is 0 Å². The molecular weight excluding hydrogens is 258 g/mol. The van der Waals surface area contributed by atoms with Crippen molar-refractivity contribution in [1.29, 1.82) is 0 Å². The Morgan fingerprint density at radius 1 is 1.40 bits per heavy atom. The lowest BCUT2D eigenvalue weighted by Gasteiger charge is -2.06. The number of hydrogen-bond donors (Lipinski definition) is 2. The highest BCUT2D eigenvalue weighted by Crippen LogP contribution is 2.18. The SMILES string of the molecule is Cn1cnnc1-c1ccc(NC(=O)COCCN)cc1. The summed E-state index contributed by atoms with van der Waals surface area (Å²) < 4.78 is 6.88. The zero-order valence-electron chi connectivity index (χ0n) is 11.2. The van der Waals surface area contributed by atoms with Crippen LogP contribution in [0.5, 0.6) is 0 Å². The summed E-state index contributed by atoms with van der Waals surface area (Å²) in [6.45, 7) is 0.778. The van der Waals surface area contributed by atoms with Gasteiger partial charge in [0.2, 0.25) is 5.91 Å². The van der Waals surface area contributed by atoms with E-state index in [4.69, 9.17) is 10.5 Å². The molecule has 0 aliphatic carbocycles. The maximum atomic E-state index is 11.6. The van der Waals surface area contributed by atoms with Crippen LogP contribution in [0.4, 0.5) is 5.69 Å². The van der Waals surface area contributed by atoms with Crippen molar-refractivity contribution in [3.63, 3.8) is 0 Å². The highest BCUT2D eigenvalue weighted by molar-refractivity contribution is 5.91. The van der Waals surface area contributed by atoms with E-state index in [-0.39, 0.29) is 12.5 Å². The number of amides is 1. The van der Waals surface area contributed by atoms with Crippen molar-refractivity contribution < 1.29 is 9.53 Å². The minimum absolute atomic E-state index is 0.00222. The maximum absolute atomic E-state index is 11.6. The molecule has 7 nitrogen and oxygen atoms in total. The molecule has 7 heteroatoms. The van der Waals surface area contributed by atoms with Gasteiger partial charge < -0.3 is 20.4 Å². The topological polar surface area (TPSA) is 95.1 Å². The van der Waals surface area contributed by atoms with E-state index in [9.17, 15) is 4.79 Å². The van der Waals surface area contributed by atoms with Gasteiger partial charge >= 0.3 is 0 Å². The molecule has 0 aliphatic heterocycles. The normalized spacial score (nSPS) is 10.5. The molecular formula is C13H17N5O2. The van der Waals surface area contributed by atoms with E-state index >= 15 is 0 Å². The van der Waals surface area contributed by atoms with Crippen LogP contribution in [0.25, 0.3) is 11.4 Å². The standard InChI is InChI=1S/C13H17N5O2/c1-18-9-15-17-13(18)10-2-4-11(5-3-10)16-12(19)8-20-7-6-14/h2-5,9H,6-8,14H2,1H3,(H,16,19). The number of carbonyl (C=O) groups excluding carboxylic acids is 1. The summed E-state index contributed by atoms with van der Waals surface area (Å²) in [5.41, 5.74) is 6.91. The third kappa shape index (κ3) is 3.62. The molecule has 1 aromatic carbocycles. The molecule has 1 amide bonds. The zero-order valence-corrected chi connectivity index (χ0v) is 11.2. The Labute approximate surface area is 116 Å². The van der Waals surface area contributed by atoms with Gasteiger partial charge in [-0.3, -0.25) is 4.79 Å². The molecule has 0 saturated heterocycles. The molecule has 0 aliphatic rings. The summed E-state index contributed by atoms with van der Waals surface area (Å²) in [5, 5.41) is 10.6. The van der Waals surface area contributed by atoms with E-state index < -0.39 is 0 Å². The van der Waals surface area contributed by atoms with Crippen molar-refractivity contribution in [1.82, 2.24) is 14.8 Å². The van der Waals surface area contributed by atoms with Crippen molar-refractivity contribution >= 4 is 11.6 Å². The maximum Gasteiger partial charge on any atom is 0.250 e. The second-order valence-corrected chi connectivity index (χ2v) is 4.23. The van der Waals surface area contributed by atoms with Gasteiger partial charge in [-0.05, 0) is 24.3 Å². The molecule has 0 unspecified atom stereocenters. The first-order valence-corrected chi connectivity index (χ1v) is 6.23. The van der Waals surface area contributed by atoms with E-state index in [0.717, 1.165) is 11.4 Å². The molecule has 1 heterocycles. The second-order valence-electron chi connectivity index (χ2n) is 4.23. The van der Waals surface area contributed by atoms with Crippen LogP contribution < -0.4 is 11.1 Å². The van der Waals surface area contributed by atoms with Crippen molar-refractivity contribution in [3.05, 3.63) is 30.6 Å². The van der Waals surface area contributed by atoms with E-state index in [1.54, 1.807) is 6.33 Å². The number of carbonyl (C=O) groups is 1. The van der Waals surface area contributed by atoms with Gasteiger partial charge in [0.15, 0.2) is 5.82 Å². The number of nitrogens with zero attached hydrogens (tertiary/aromatic N) is 3. The Morgan fingerprint density at radius 2 is 2.15 bits per heavy atom. The van der Waals surface area contributed by atoms with Crippen LogP contribution in [-0.4, -0.2) is 40.4 Å². The number of aromatic nitrogens is 3. The van der Waals surface area contributed by atoms with Crippen molar-refractivity contribution in [2.24, 2.45) is 12.8 Å². The zero-order chi connectivity index (χ0) is 14.4. The van der Waals surface area contributed by atoms with Crippen LogP contribution in [-0.2, 0) is 16.6 Å². The second kappa shape index (κ2) is 6.78. The van der Waals surface area contributed by atoms with E-state index in [0.29, 0.717) is 18.8 Å². The number of nitrogens with two attached hydrogens (primary N) is 1. The molecule has 0 radical (unpaired) electrons. The minimum atomic E-state index is -0.204. The lowest BCUT2D eigenvalue weighted by molar-refractivity contribution is -0.120. The van der Waals surface area contributed by atoms with Crippen LogP contribution >= 0.6 is 0 Å². The molecule has 0 bridgehead atoms. The molecule has 2 aromatic rings. The summed E-state index contributed by atoms with van der Waals surface area (Å²) in [6.07, 6.45) is 1.64. The van der Waals surface area contributed by atoms with E-state index in [1.807, 2.05) is 35.9 Å². The first-order chi connectivity index (χ1) is 9.70. The number of rotatable bonds is 6. The minimum Gasteiger partial charge on any atom is -0.370 e. The van der Waals surface area contributed by atoms with E-state index in [1.165, 1.54) is 0 Å². The quantitative estimate of drug-likeness (QED) is 0.744. The lowest BCUT2D eigenvalue weighted by Crippen LogP contribution is -2.20. The Bertz CT molecular complexity index is 564. The molecule has 0 fully saturated rings. The molecule has 20 heavy (non-hydrogen) atoms. The fourth-order valence-corrected chi connectivity index (χ4v) is 1.69. The summed E-state index contributed by atoms with van der Waals surface area (Å²) in [7, 11) is 1.87. The smallest absolute Gasteiger partial charge is 0.250 e. The Kier molecular flexibility index (Phi) is 4.80. The monoisotopic (exact) mass is 275 g/mol. The van der Waals surface area contributed by atoms with Crippen LogP contribution in [0, 0.1) is 0 Å². The molecule has 0 spiro atoms. The molecule has 3 N–H and O–H groups in total. The summed E-state index contributed by atoms with van der Waals surface area (Å²) in [5.74, 6) is 0.569. The van der Waals surface area contributed by atoms with Gasteiger partial charge in [0.25, 0.3) is 0 Å². The van der Waals surface area contributed by atoms with Crippen LogP contribution in [0.3, 0.4) is 0 Å². The number of hydrogen-bond acceptors (Lipinski definition) is 5. The fourth-order valence-electron chi connectivity index (χ4n) is 1.69. The number of ether oxygens (including phenoxy) is 1. The fraction of sp³-hybridized carbons (Fsp3) is 0.308. The van der Waals surface area contributed by atoms with Crippen molar-refractivity contribution in [3.8, 4) is 11.4 Å². The van der Waals surface area contributed by atoms with Crippen LogP contribution in [0.2, 0.25) is 0 Å². The van der Waals surface area contributed by atoms with Gasteiger partial charge in [-0.15, -0.1) is 10.2 Å². The molecule has 106 valence electrons. The Balaban J connectivity index is 1.95. The van der Waals surface area contributed by atoms with Crippen molar-refractivity contribution in [2.75, 3.05) is 25.1 Å². The number of benzene rings is 1. The summed E-state index contributed by atoms with van der Waals surface area (Å²) >= 11 is 0. The lowest BCUT2D eigenvalue weighted by atomic mass is 10.2. The number of anilines is 1. The third-order valence-corrected chi connectivity index (χ3v) is 2.63.